The molecular weight excluding hydrogens is 268 g/mol. The van der Waals surface area contributed by atoms with Crippen LogP contribution in [0.3, 0.4) is 0 Å². The summed E-state index contributed by atoms with van der Waals surface area (Å²) in [5.41, 5.74) is 5.60. The monoisotopic (exact) mass is 282 g/mol. The fraction of sp³-hybridized carbons (Fsp3) is 0.333. The van der Waals surface area contributed by atoms with Crippen molar-refractivity contribution in [1.82, 2.24) is 9.97 Å². The molecule has 2 N–H and O–H groups in total. The smallest absolute Gasteiger partial charge is 0.223 e. The van der Waals surface area contributed by atoms with Crippen LogP contribution in [0.15, 0.2) is 23.6 Å². The number of hydrogen-bond acceptors (Lipinski definition) is 5. The molecule has 2 heterocycles. The first kappa shape index (κ1) is 13.1. The highest BCUT2D eigenvalue weighted by molar-refractivity contribution is 7.09. The molecule has 2 aromatic heterocycles. The number of thiophene rings is 1. The lowest BCUT2D eigenvalue weighted by molar-refractivity contribution is 0.680. The van der Waals surface area contributed by atoms with Gasteiger partial charge in [0.15, 0.2) is 0 Å². The molecule has 0 aliphatic rings. The largest absolute Gasteiger partial charge is 0.368 e. The van der Waals surface area contributed by atoms with Crippen molar-refractivity contribution >= 4 is 34.7 Å². The lowest BCUT2D eigenvalue weighted by Gasteiger charge is -2.25. The second-order valence-corrected chi connectivity index (χ2v) is 5.57. The second kappa shape index (κ2) is 5.54. The van der Waals surface area contributed by atoms with E-state index in [2.05, 4.69) is 39.3 Å². The maximum Gasteiger partial charge on any atom is 0.223 e. The Labute approximate surface area is 115 Å². The van der Waals surface area contributed by atoms with Gasteiger partial charge in [0.25, 0.3) is 0 Å². The number of halogens is 1. The normalized spacial score (nSPS) is 12.4. The fourth-order valence-electron chi connectivity index (χ4n) is 1.69. The number of likely N-dealkylation sites (N-methyl/N-ethyl adjacent to an activating group) is 1. The van der Waals surface area contributed by atoms with Crippen molar-refractivity contribution in [3.63, 3.8) is 0 Å². The molecule has 0 saturated carbocycles. The molecular formula is C12H15ClN4S. The number of anilines is 2. The van der Waals surface area contributed by atoms with E-state index in [0.717, 1.165) is 12.2 Å². The molecule has 0 bridgehead atoms. The number of nitrogen functional groups attached to an aromatic ring is 1. The summed E-state index contributed by atoms with van der Waals surface area (Å²) in [7, 11) is 1.98. The van der Waals surface area contributed by atoms with Crippen LogP contribution in [0.5, 0.6) is 0 Å². The summed E-state index contributed by atoms with van der Waals surface area (Å²) >= 11 is 7.65. The van der Waals surface area contributed by atoms with Crippen molar-refractivity contribution in [3.05, 3.63) is 33.6 Å². The maximum absolute atomic E-state index is 5.89. The Morgan fingerprint density at radius 2 is 2.28 bits per heavy atom. The highest BCUT2D eigenvalue weighted by atomic mass is 35.5. The average molecular weight is 283 g/mol. The van der Waals surface area contributed by atoms with E-state index in [1.807, 2.05) is 7.05 Å². The predicted octanol–water partition coefficient (Wildman–Crippen LogP) is 2.84. The molecule has 0 aliphatic carbocycles. The third-order valence-electron chi connectivity index (χ3n) is 2.80. The molecule has 0 fully saturated rings. The van der Waals surface area contributed by atoms with Gasteiger partial charge in [0.1, 0.15) is 11.0 Å². The zero-order chi connectivity index (χ0) is 13.1. The summed E-state index contributed by atoms with van der Waals surface area (Å²) in [6, 6.07) is 6.24. The third-order valence-corrected chi connectivity index (χ3v) is 3.89. The Morgan fingerprint density at radius 3 is 2.89 bits per heavy atom. The first-order valence-electron chi connectivity index (χ1n) is 5.61. The van der Waals surface area contributed by atoms with Gasteiger partial charge >= 0.3 is 0 Å². The van der Waals surface area contributed by atoms with E-state index in [9.17, 15) is 0 Å². The van der Waals surface area contributed by atoms with Crippen LogP contribution in [0.1, 0.15) is 11.8 Å². The van der Waals surface area contributed by atoms with E-state index < -0.39 is 0 Å². The van der Waals surface area contributed by atoms with Crippen molar-refractivity contribution in [3.8, 4) is 0 Å². The summed E-state index contributed by atoms with van der Waals surface area (Å²) in [5, 5.41) is 2.45. The molecule has 2 rings (SSSR count). The number of nitrogens with zero attached hydrogens (tertiary/aromatic N) is 3. The Hall–Kier alpha value is -1.33. The van der Waals surface area contributed by atoms with Crippen LogP contribution in [0.2, 0.25) is 5.15 Å². The number of aromatic nitrogens is 2. The number of rotatable bonds is 4. The van der Waals surface area contributed by atoms with Crippen LogP contribution in [0.25, 0.3) is 0 Å². The zero-order valence-electron chi connectivity index (χ0n) is 10.3. The van der Waals surface area contributed by atoms with Gasteiger partial charge in [0.05, 0.1) is 0 Å². The molecule has 0 aliphatic heterocycles. The summed E-state index contributed by atoms with van der Waals surface area (Å²) in [6.07, 6.45) is 0.968. The van der Waals surface area contributed by atoms with Crippen LogP contribution in [0, 0.1) is 0 Å². The van der Waals surface area contributed by atoms with Crippen LogP contribution >= 0.6 is 22.9 Å². The van der Waals surface area contributed by atoms with E-state index in [4.69, 9.17) is 17.3 Å². The van der Waals surface area contributed by atoms with Crippen molar-refractivity contribution in [1.29, 1.82) is 0 Å². The average Bonchev–Trinajstić information content (AvgIpc) is 2.79. The highest BCUT2D eigenvalue weighted by Gasteiger charge is 2.14. The van der Waals surface area contributed by atoms with Gasteiger partial charge in [-0.15, -0.1) is 11.3 Å². The molecule has 6 heteroatoms. The molecule has 0 saturated heterocycles. The molecule has 0 aromatic carbocycles. The number of hydrogen-bond donors (Lipinski definition) is 1. The van der Waals surface area contributed by atoms with Crippen molar-refractivity contribution in [2.75, 3.05) is 17.7 Å². The second-order valence-electron chi connectivity index (χ2n) is 4.15. The van der Waals surface area contributed by atoms with Crippen LogP contribution in [0.4, 0.5) is 11.8 Å². The fourth-order valence-corrected chi connectivity index (χ4v) is 2.70. The standard InChI is InChI=1S/C12H15ClN4S/c1-8(6-9-4-3-5-18-9)17(2)11-7-10(13)15-12(14)16-11/h3-5,7-8H,6H2,1-2H3,(H2,14,15,16). The Morgan fingerprint density at radius 1 is 1.50 bits per heavy atom. The van der Waals surface area contributed by atoms with Crippen molar-refractivity contribution < 1.29 is 0 Å². The summed E-state index contributed by atoms with van der Waals surface area (Å²) in [5.74, 6) is 0.948. The summed E-state index contributed by atoms with van der Waals surface area (Å²) in [6.45, 7) is 2.14. The molecule has 1 atom stereocenters. The molecule has 1 unspecified atom stereocenters. The van der Waals surface area contributed by atoms with Gasteiger partial charge in [-0.1, -0.05) is 17.7 Å². The van der Waals surface area contributed by atoms with Crippen LogP contribution < -0.4 is 10.6 Å². The van der Waals surface area contributed by atoms with Gasteiger partial charge in [0.2, 0.25) is 5.95 Å². The Kier molecular flexibility index (Phi) is 4.04. The molecule has 18 heavy (non-hydrogen) atoms. The Balaban J connectivity index is 2.12. The zero-order valence-corrected chi connectivity index (χ0v) is 11.9. The maximum atomic E-state index is 5.89. The molecule has 2 aromatic rings. The van der Waals surface area contributed by atoms with Crippen LogP contribution in [-0.2, 0) is 6.42 Å². The number of nitrogens with two attached hydrogens (primary N) is 1. The van der Waals surface area contributed by atoms with Gasteiger partial charge in [-0.05, 0) is 18.4 Å². The van der Waals surface area contributed by atoms with E-state index in [-0.39, 0.29) is 5.95 Å². The van der Waals surface area contributed by atoms with E-state index in [1.54, 1.807) is 17.4 Å². The van der Waals surface area contributed by atoms with Crippen LogP contribution in [-0.4, -0.2) is 23.1 Å². The molecule has 4 nitrogen and oxygen atoms in total. The summed E-state index contributed by atoms with van der Waals surface area (Å²) < 4.78 is 0. The van der Waals surface area contributed by atoms with Gasteiger partial charge in [-0.2, -0.15) is 4.98 Å². The molecule has 0 radical (unpaired) electrons. The van der Waals surface area contributed by atoms with Gasteiger partial charge in [0, 0.05) is 30.5 Å². The minimum Gasteiger partial charge on any atom is -0.368 e. The summed E-state index contributed by atoms with van der Waals surface area (Å²) in [4.78, 5) is 11.5. The minimum atomic E-state index is 0.202. The lowest BCUT2D eigenvalue weighted by atomic mass is 10.2. The first-order valence-corrected chi connectivity index (χ1v) is 6.87. The van der Waals surface area contributed by atoms with Crippen molar-refractivity contribution in [2.45, 2.75) is 19.4 Å². The quantitative estimate of drug-likeness (QED) is 0.876. The van der Waals surface area contributed by atoms with E-state index in [0.29, 0.717) is 11.2 Å². The van der Waals surface area contributed by atoms with Crippen molar-refractivity contribution in [2.24, 2.45) is 0 Å². The molecule has 0 spiro atoms. The third kappa shape index (κ3) is 3.11. The molecule has 96 valence electrons. The first-order chi connectivity index (χ1) is 8.56. The SMILES string of the molecule is CC(Cc1cccs1)N(C)c1cc(Cl)nc(N)n1. The topological polar surface area (TPSA) is 55.0 Å². The van der Waals surface area contributed by atoms with E-state index >= 15 is 0 Å². The highest BCUT2D eigenvalue weighted by Crippen LogP contribution is 2.20. The minimum absolute atomic E-state index is 0.202. The Bertz CT molecular complexity index is 495. The lowest BCUT2D eigenvalue weighted by Crippen LogP contribution is -2.31. The van der Waals surface area contributed by atoms with E-state index in [1.165, 1.54) is 4.88 Å². The predicted molar refractivity (Wildman–Crippen MR) is 77.3 cm³/mol. The van der Waals surface area contributed by atoms with Gasteiger partial charge in [-0.25, -0.2) is 4.98 Å². The van der Waals surface area contributed by atoms with Gasteiger partial charge < -0.3 is 10.6 Å². The van der Waals surface area contributed by atoms with Gasteiger partial charge in [-0.3, -0.25) is 0 Å². The molecule has 0 amide bonds.